The molecule has 2 aliphatic rings. The van der Waals surface area contributed by atoms with Gasteiger partial charge in [-0.15, -0.1) is 0 Å². The van der Waals surface area contributed by atoms with Gasteiger partial charge in [-0.1, -0.05) is 30.3 Å². The highest BCUT2D eigenvalue weighted by atomic mass is 19.3. The summed E-state index contributed by atoms with van der Waals surface area (Å²) < 4.78 is 32.3. The Bertz CT molecular complexity index is 615. The standard InChI is InChI=1S/C21H31F2N3O2/c1-21(26-13-15-28-16-14-26)9-11-25(12-10-21)20(27)24-18(19(22)23)8-7-17-5-3-2-4-6-17/h2-6,18-19H,7-16H2,1H3,(H,24,27). The Morgan fingerprint density at radius 2 is 1.79 bits per heavy atom. The van der Waals surface area contributed by atoms with Crippen molar-refractivity contribution >= 4 is 6.03 Å². The first-order chi connectivity index (χ1) is 13.5. The highest BCUT2D eigenvalue weighted by molar-refractivity contribution is 5.74. The van der Waals surface area contributed by atoms with Crippen LogP contribution < -0.4 is 5.32 Å². The Labute approximate surface area is 166 Å². The van der Waals surface area contributed by atoms with Crippen molar-refractivity contribution in [2.75, 3.05) is 39.4 Å². The predicted molar refractivity (Wildman–Crippen MR) is 105 cm³/mol. The van der Waals surface area contributed by atoms with Gasteiger partial charge >= 0.3 is 6.03 Å². The second-order valence-corrected chi connectivity index (χ2v) is 8.00. The number of aryl methyl sites for hydroxylation is 1. The van der Waals surface area contributed by atoms with E-state index >= 15 is 0 Å². The molecule has 0 bridgehead atoms. The minimum absolute atomic E-state index is 0.0516. The minimum Gasteiger partial charge on any atom is -0.379 e. The molecule has 2 amide bonds. The third-order valence-corrected chi connectivity index (χ3v) is 6.10. The van der Waals surface area contributed by atoms with E-state index in [1.54, 1.807) is 4.90 Å². The van der Waals surface area contributed by atoms with E-state index in [1.165, 1.54) is 0 Å². The van der Waals surface area contributed by atoms with E-state index < -0.39 is 12.5 Å². The van der Waals surface area contributed by atoms with Gasteiger partial charge in [0, 0.05) is 31.7 Å². The summed E-state index contributed by atoms with van der Waals surface area (Å²) in [7, 11) is 0. The molecule has 1 atom stereocenters. The lowest BCUT2D eigenvalue weighted by Crippen LogP contribution is -2.59. The number of benzene rings is 1. The molecule has 7 heteroatoms. The van der Waals surface area contributed by atoms with Crippen LogP contribution >= 0.6 is 0 Å². The lowest BCUT2D eigenvalue weighted by molar-refractivity contribution is -0.0360. The van der Waals surface area contributed by atoms with Crippen LogP contribution in [-0.4, -0.2) is 73.2 Å². The summed E-state index contributed by atoms with van der Waals surface area (Å²) in [5.41, 5.74) is 1.05. The number of carbonyl (C=O) groups excluding carboxylic acids is 1. The van der Waals surface area contributed by atoms with Crippen LogP contribution in [0.3, 0.4) is 0 Å². The number of piperidine rings is 1. The normalized spacial score (nSPS) is 21.5. The molecule has 0 saturated carbocycles. The number of likely N-dealkylation sites (tertiary alicyclic amines) is 1. The van der Waals surface area contributed by atoms with Gasteiger partial charge in [0.15, 0.2) is 0 Å². The number of nitrogens with zero attached hydrogens (tertiary/aromatic N) is 2. The molecule has 1 unspecified atom stereocenters. The number of hydrogen-bond donors (Lipinski definition) is 1. The highest BCUT2D eigenvalue weighted by Crippen LogP contribution is 2.29. The van der Waals surface area contributed by atoms with Crippen molar-refractivity contribution in [3.05, 3.63) is 35.9 Å². The summed E-state index contributed by atoms with van der Waals surface area (Å²) in [4.78, 5) is 16.7. The summed E-state index contributed by atoms with van der Waals surface area (Å²) in [6.45, 7) is 6.73. The van der Waals surface area contributed by atoms with Crippen molar-refractivity contribution in [2.24, 2.45) is 0 Å². The lowest BCUT2D eigenvalue weighted by atomic mass is 9.87. The maximum atomic E-state index is 13.4. The number of ether oxygens (including phenoxy) is 1. The Morgan fingerprint density at radius 3 is 2.39 bits per heavy atom. The van der Waals surface area contributed by atoms with Crippen LogP contribution in [0.15, 0.2) is 30.3 Å². The van der Waals surface area contributed by atoms with Crippen molar-refractivity contribution in [3.63, 3.8) is 0 Å². The Hall–Kier alpha value is -1.73. The van der Waals surface area contributed by atoms with Gasteiger partial charge in [-0.25, -0.2) is 13.6 Å². The summed E-state index contributed by atoms with van der Waals surface area (Å²) in [6, 6.07) is 8.03. The van der Waals surface area contributed by atoms with Crippen LogP contribution in [0.4, 0.5) is 13.6 Å². The first kappa shape index (κ1) is 21.0. The molecule has 1 aromatic rings. The molecule has 0 aromatic heterocycles. The third-order valence-electron chi connectivity index (χ3n) is 6.10. The van der Waals surface area contributed by atoms with Crippen LogP contribution in [0.1, 0.15) is 31.7 Å². The van der Waals surface area contributed by atoms with Crippen LogP contribution in [0, 0.1) is 0 Å². The fraction of sp³-hybridized carbons (Fsp3) is 0.667. The number of nitrogens with one attached hydrogen (secondary N) is 1. The van der Waals surface area contributed by atoms with Crippen LogP contribution in [0.25, 0.3) is 0 Å². The van der Waals surface area contributed by atoms with Gasteiger partial charge in [-0.2, -0.15) is 0 Å². The van der Waals surface area contributed by atoms with Crippen molar-refractivity contribution in [3.8, 4) is 0 Å². The topological polar surface area (TPSA) is 44.8 Å². The minimum atomic E-state index is -2.57. The third kappa shape index (κ3) is 5.41. The van der Waals surface area contributed by atoms with Gasteiger partial charge in [0.05, 0.1) is 19.3 Å². The predicted octanol–water partition coefficient (Wildman–Crippen LogP) is 3.15. The van der Waals surface area contributed by atoms with Gasteiger partial charge in [-0.05, 0) is 38.2 Å². The fourth-order valence-electron chi connectivity index (χ4n) is 4.09. The van der Waals surface area contributed by atoms with Gasteiger partial charge < -0.3 is 15.0 Å². The van der Waals surface area contributed by atoms with E-state index in [0.29, 0.717) is 19.5 Å². The molecule has 2 fully saturated rings. The summed E-state index contributed by atoms with van der Waals surface area (Å²) in [5, 5.41) is 2.57. The van der Waals surface area contributed by atoms with Crippen LogP contribution in [0.2, 0.25) is 0 Å². The molecular weight excluding hydrogens is 364 g/mol. The summed E-state index contributed by atoms with van der Waals surface area (Å²) in [6.07, 6.45) is -0.123. The van der Waals surface area contributed by atoms with E-state index in [2.05, 4.69) is 17.1 Å². The summed E-state index contributed by atoms with van der Waals surface area (Å²) >= 11 is 0. The number of alkyl halides is 2. The van der Waals surface area contributed by atoms with E-state index in [4.69, 9.17) is 4.74 Å². The lowest BCUT2D eigenvalue weighted by Gasteiger charge is -2.48. The van der Waals surface area contributed by atoms with Crippen LogP contribution in [0.5, 0.6) is 0 Å². The smallest absolute Gasteiger partial charge is 0.317 e. The summed E-state index contributed by atoms with van der Waals surface area (Å²) in [5.74, 6) is 0. The number of urea groups is 1. The van der Waals surface area contributed by atoms with Gasteiger partial charge in [0.2, 0.25) is 0 Å². The largest absolute Gasteiger partial charge is 0.379 e. The second kappa shape index (κ2) is 9.65. The highest BCUT2D eigenvalue weighted by Gasteiger charge is 2.38. The Balaban J connectivity index is 1.49. The van der Waals surface area contributed by atoms with Crippen LogP contribution in [-0.2, 0) is 11.2 Å². The van der Waals surface area contributed by atoms with Crippen molar-refractivity contribution in [1.82, 2.24) is 15.1 Å². The molecule has 0 spiro atoms. The Kier molecular flexibility index (Phi) is 7.24. The molecule has 2 saturated heterocycles. The molecule has 1 N–H and O–H groups in total. The zero-order valence-corrected chi connectivity index (χ0v) is 16.6. The van der Waals surface area contributed by atoms with Gasteiger partial charge in [-0.3, -0.25) is 4.90 Å². The molecule has 2 aliphatic heterocycles. The Morgan fingerprint density at radius 1 is 1.14 bits per heavy atom. The average Bonchev–Trinajstić information content (AvgIpc) is 2.72. The molecule has 2 heterocycles. The first-order valence-electron chi connectivity index (χ1n) is 10.2. The zero-order chi connectivity index (χ0) is 20.0. The molecule has 3 rings (SSSR count). The zero-order valence-electron chi connectivity index (χ0n) is 16.6. The van der Waals surface area contributed by atoms with Crippen molar-refractivity contribution < 1.29 is 18.3 Å². The number of rotatable bonds is 6. The maximum Gasteiger partial charge on any atom is 0.317 e. The van der Waals surface area contributed by atoms with Gasteiger partial charge in [0.1, 0.15) is 0 Å². The molecule has 5 nitrogen and oxygen atoms in total. The molecule has 0 radical (unpaired) electrons. The van der Waals surface area contributed by atoms with E-state index in [-0.39, 0.29) is 18.0 Å². The second-order valence-electron chi connectivity index (χ2n) is 8.00. The maximum absolute atomic E-state index is 13.4. The fourth-order valence-corrected chi connectivity index (χ4v) is 4.09. The van der Waals surface area contributed by atoms with E-state index in [0.717, 1.165) is 44.7 Å². The average molecular weight is 395 g/mol. The molecule has 1 aromatic carbocycles. The molecule has 156 valence electrons. The number of hydrogen-bond acceptors (Lipinski definition) is 3. The van der Waals surface area contributed by atoms with E-state index in [9.17, 15) is 13.6 Å². The van der Waals surface area contributed by atoms with E-state index in [1.807, 2.05) is 30.3 Å². The SMILES string of the molecule is CC1(N2CCOCC2)CCN(C(=O)NC(CCc2ccccc2)C(F)F)CC1. The van der Waals surface area contributed by atoms with Crippen molar-refractivity contribution in [2.45, 2.75) is 50.6 Å². The molecular formula is C21H31F2N3O2. The molecule has 28 heavy (non-hydrogen) atoms. The number of halogens is 2. The number of morpholine rings is 1. The number of amides is 2. The van der Waals surface area contributed by atoms with Gasteiger partial charge in [0.25, 0.3) is 6.43 Å². The number of carbonyl (C=O) groups is 1. The monoisotopic (exact) mass is 395 g/mol. The molecule has 0 aliphatic carbocycles. The quantitative estimate of drug-likeness (QED) is 0.805. The van der Waals surface area contributed by atoms with Crippen molar-refractivity contribution in [1.29, 1.82) is 0 Å². The first-order valence-corrected chi connectivity index (χ1v) is 10.2.